The van der Waals surface area contributed by atoms with Gasteiger partial charge in [0.1, 0.15) is 12.1 Å². The van der Waals surface area contributed by atoms with Crippen molar-refractivity contribution in [2.24, 2.45) is 5.73 Å². The summed E-state index contributed by atoms with van der Waals surface area (Å²) in [6.45, 7) is 0. The van der Waals surface area contributed by atoms with Gasteiger partial charge >= 0.3 is 0 Å². The second-order valence-electron chi connectivity index (χ2n) is 8.90. The molecule has 2 aromatic heterocycles. The molecule has 2 heterocycles. The lowest BCUT2D eigenvalue weighted by Crippen LogP contribution is -2.40. The molecule has 0 atom stereocenters. The quantitative estimate of drug-likeness (QED) is 0.651. The third kappa shape index (κ3) is 3.76. The molecule has 0 unspecified atom stereocenters. The van der Waals surface area contributed by atoms with Crippen molar-refractivity contribution in [2.75, 3.05) is 0 Å². The number of fused-ring (bicyclic) bond motifs is 1. The maximum atomic E-state index is 12.9. The Bertz CT molecular complexity index is 1010. The maximum absolute atomic E-state index is 12.9. The number of carbonyl (C=O) groups excluding carboxylic acids is 1. The molecule has 1 amide bonds. The molecule has 3 N–H and O–H groups in total. The molecular weight excluding hydrogens is 376 g/mol. The summed E-state index contributed by atoms with van der Waals surface area (Å²) in [5.41, 5.74) is 9.61. The topological polar surface area (TPSA) is 86.1 Å². The van der Waals surface area contributed by atoms with Crippen molar-refractivity contribution in [1.29, 1.82) is 0 Å². The second-order valence-corrected chi connectivity index (χ2v) is 8.90. The zero-order valence-electron chi connectivity index (χ0n) is 17.3. The summed E-state index contributed by atoms with van der Waals surface area (Å²) in [5.74, 6) is 0.916. The lowest BCUT2D eigenvalue weighted by Gasteiger charge is -2.27. The number of imidazole rings is 1. The fraction of sp³-hybridized carbons (Fsp3) is 0.500. The van der Waals surface area contributed by atoms with Crippen LogP contribution in [0.5, 0.6) is 0 Å². The van der Waals surface area contributed by atoms with Gasteiger partial charge in [0.25, 0.3) is 5.91 Å². The lowest BCUT2D eigenvalue weighted by atomic mass is 9.91. The van der Waals surface area contributed by atoms with E-state index in [1.807, 2.05) is 18.2 Å². The molecule has 0 saturated heterocycles. The molecule has 5 rings (SSSR count). The molecule has 2 aliphatic carbocycles. The molecule has 1 aromatic carbocycles. The minimum Gasteiger partial charge on any atom is -0.472 e. The standard InChI is InChI=1S/C24H30N4O2/c25-18-7-9-19(10-8-18)26-24(29)16-6-11-22-21(14-16)27-23(17-12-13-30-15-17)28(22)20-4-2-1-3-5-20/h6,11-15,18-20H,1-5,7-10,25H2,(H,26,29). The molecule has 0 aliphatic heterocycles. The van der Waals surface area contributed by atoms with Crippen LogP contribution in [0.2, 0.25) is 0 Å². The number of carbonyl (C=O) groups is 1. The largest absolute Gasteiger partial charge is 0.472 e. The third-order valence-electron chi connectivity index (χ3n) is 6.78. The van der Waals surface area contributed by atoms with Crippen LogP contribution in [0.3, 0.4) is 0 Å². The Labute approximate surface area is 176 Å². The Morgan fingerprint density at radius 2 is 1.87 bits per heavy atom. The van der Waals surface area contributed by atoms with E-state index in [1.165, 1.54) is 32.1 Å². The molecule has 6 nitrogen and oxygen atoms in total. The van der Waals surface area contributed by atoms with E-state index in [-0.39, 0.29) is 18.0 Å². The molecule has 6 heteroatoms. The van der Waals surface area contributed by atoms with Crippen molar-refractivity contribution in [3.63, 3.8) is 0 Å². The van der Waals surface area contributed by atoms with Gasteiger partial charge in [0.05, 0.1) is 22.9 Å². The van der Waals surface area contributed by atoms with Crippen molar-refractivity contribution in [2.45, 2.75) is 75.9 Å². The molecule has 0 spiro atoms. The first-order valence-corrected chi connectivity index (χ1v) is 11.3. The van der Waals surface area contributed by atoms with E-state index in [0.29, 0.717) is 11.6 Å². The summed E-state index contributed by atoms with van der Waals surface area (Å²) in [6, 6.07) is 8.83. The number of nitrogens with zero attached hydrogens (tertiary/aromatic N) is 2. The average Bonchev–Trinajstić information content (AvgIpc) is 3.43. The minimum atomic E-state index is -0.0190. The number of hydrogen-bond donors (Lipinski definition) is 2. The first-order valence-electron chi connectivity index (χ1n) is 11.3. The Morgan fingerprint density at radius 3 is 2.60 bits per heavy atom. The smallest absolute Gasteiger partial charge is 0.251 e. The third-order valence-corrected chi connectivity index (χ3v) is 6.78. The molecule has 0 radical (unpaired) electrons. The summed E-state index contributed by atoms with van der Waals surface area (Å²) < 4.78 is 7.70. The van der Waals surface area contributed by atoms with E-state index in [4.69, 9.17) is 15.1 Å². The van der Waals surface area contributed by atoms with Gasteiger partial charge in [-0.15, -0.1) is 0 Å². The van der Waals surface area contributed by atoms with Crippen LogP contribution in [0, 0.1) is 0 Å². The zero-order chi connectivity index (χ0) is 20.5. The highest BCUT2D eigenvalue weighted by Crippen LogP contribution is 2.36. The maximum Gasteiger partial charge on any atom is 0.251 e. The normalized spacial score (nSPS) is 23.0. The van der Waals surface area contributed by atoms with Crippen LogP contribution in [-0.4, -0.2) is 27.5 Å². The van der Waals surface area contributed by atoms with Crippen LogP contribution in [0.4, 0.5) is 0 Å². The molecule has 30 heavy (non-hydrogen) atoms. The summed E-state index contributed by atoms with van der Waals surface area (Å²) >= 11 is 0. The Morgan fingerprint density at radius 1 is 1.07 bits per heavy atom. The van der Waals surface area contributed by atoms with Gasteiger partial charge in [0.2, 0.25) is 0 Å². The summed E-state index contributed by atoms with van der Waals surface area (Å²) in [6.07, 6.45) is 13.4. The lowest BCUT2D eigenvalue weighted by molar-refractivity contribution is 0.0926. The number of amides is 1. The van der Waals surface area contributed by atoms with Crippen LogP contribution in [0.15, 0.2) is 41.2 Å². The van der Waals surface area contributed by atoms with Crippen LogP contribution < -0.4 is 11.1 Å². The number of nitrogens with two attached hydrogens (primary N) is 1. The van der Waals surface area contributed by atoms with E-state index < -0.39 is 0 Å². The molecule has 3 aromatic rings. The number of nitrogens with one attached hydrogen (secondary N) is 1. The van der Waals surface area contributed by atoms with Crippen LogP contribution >= 0.6 is 0 Å². The molecule has 2 saturated carbocycles. The predicted molar refractivity (Wildman–Crippen MR) is 117 cm³/mol. The first kappa shape index (κ1) is 19.4. The number of furan rings is 1. The van der Waals surface area contributed by atoms with Gasteiger partial charge in [-0.3, -0.25) is 4.79 Å². The molecule has 158 valence electrons. The van der Waals surface area contributed by atoms with E-state index in [0.717, 1.165) is 48.1 Å². The predicted octanol–water partition coefficient (Wildman–Crippen LogP) is 4.80. The highest BCUT2D eigenvalue weighted by Gasteiger charge is 2.24. The average molecular weight is 407 g/mol. The van der Waals surface area contributed by atoms with Crippen molar-refractivity contribution < 1.29 is 9.21 Å². The van der Waals surface area contributed by atoms with Crippen LogP contribution in [0.25, 0.3) is 22.4 Å². The van der Waals surface area contributed by atoms with Crippen molar-refractivity contribution in [3.8, 4) is 11.4 Å². The number of hydrogen-bond acceptors (Lipinski definition) is 4. The summed E-state index contributed by atoms with van der Waals surface area (Å²) in [5, 5.41) is 3.19. The van der Waals surface area contributed by atoms with E-state index >= 15 is 0 Å². The zero-order valence-corrected chi connectivity index (χ0v) is 17.3. The number of benzene rings is 1. The minimum absolute atomic E-state index is 0.0190. The fourth-order valence-corrected chi connectivity index (χ4v) is 5.08. The van der Waals surface area contributed by atoms with Gasteiger partial charge in [0.15, 0.2) is 0 Å². The summed E-state index contributed by atoms with van der Waals surface area (Å²) in [7, 11) is 0. The fourth-order valence-electron chi connectivity index (χ4n) is 5.08. The van der Waals surface area contributed by atoms with E-state index in [9.17, 15) is 4.79 Å². The van der Waals surface area contributed by atoms with Crippen molar-refractivity contribution in [1.82, 2.24) is 14.9 Å². The number of rotatable bonds is 4. The van der Waals surface area contributed by atoms with Gasteiger partial charge in [-0.05, 0) is 62.8 Å². The van der Waals surface area contributed by atoms with Gasteiger partial charge in [-0.1, -0.05) is 19.3 Å². The summed E-state index contributed by atoms with van der Waals surface area (Å²) in [4.78, 5) is 17.8. The van der Waals surface area contributed by atoms with Gasteiger partial charge < -0.3 is 20.0 Å². The van der Waals surface area contributed by atoms with E-state index in [2.05, 4.69) is 16.0 Å². The molecule has 2 aliphatic rings. The Kier molecular flexibility index (Phi) is 5.34. The number of aromatic nitrogens is 2. The van der Waals surface area contributed by atoms with Gasteiger partial charge in [-0.25, -0.2) is 4.98 Å². The first-order chi connectivity index (χ1) is 14.7. The highest BCUT2D eigenvalue weighted by molar-refractivity contribution is 5.98. The van der Waals surface area contributed by atoms with Gasteiger partial charge in [-0.2, -0.15) is 0 Å². The van der Waals surface area contributed by atoms with Crippen molar-refractivity contribution in [3.05, 3.63) is 42.4 Å². The van der Waals surface area contributed by atoms with E-state index in [1.54, 1.807) is 12.5 Å². The monoisotopic (exact) mass is 406 g/mol. The molecule has 2 fully saturated rings. The van der Waals surface area contributed by atoms with Crippen LogP contribution in [0.1, 0.15) is 74.2 Å². The van der Waals surface area contributed by atoms with Crippen molar-refractivity contribution >= 4 is 16.9 Å². The molecular formula is C24H30N4O2. The SMILES string of the molecule is NC1CCC(NC(=O)c2ccc3c(c2)nc(-c2ccoc2)n3C2CCCCC2)CC1. The second kappa shape index (κ2) is 8.26. The Hall–Kier alpha value is -2.60. The highest BCUT2D eigenvalue weighted by atomic mass is 16.3. The Balaban J connectivity index is 1.46. The van der Waals surface area contributed by atoms with Crippen LogP contribution in [-0.2, 0) is 0 Å². The molecule has 0 bridgehead atoms. The van der Waals surface area contributed by atoms with Gasteiger partial charge in [0, 0.05) is 23.7 Å².